The number of hydrogen-bond donors (Lipinski definition) is 2. The van der Waals surface area contributed by atoms with Gasteiger partial charge >= 0.3 is 5.97 Å². The molecule has 0 saturated carbocycles. The molecule has 2 N–H and O–H groups in total. The van der Waals surface area contributed by atoms with Crippen molar-refractivity contribution in [1.29, 1.82) is 0 Å². The molecule has 0 saturated heterocycles. The Hall–Kier alpha value is -0.230. The van der Waals surface area contributed by atoms with Crippen molar-refractivity contribution in [3.63, 3.8) is 0 Å². The van der Waals surface area contributed by atoms with E-state index in [1.54, 1.807) is 6.07 Å². The predicted octanol–water partition coefficient (Wildman–Crippen LogP) is 5.54. The van der Waals surface area contributed by atoms with Gasteiger partial charge in [-0.2, -0.15) is 0 Å². The van der Waals surface area contributed by atoms with Gasteiger partial charge in [-0.15, -0.1) is 0 Å². The molecule has 0 aliphatic heterocycles. The summed E-state index contributed by atoms with van der Waals surface area (Å²) < 4.78 is 0. The minimum atomic E-state index is -1.21. The van der Waals surface area contributed by atoms with E-state index >= 15 is 0 Å². The highest BCUT2D eigenvalue weighted by Gasteiger charge is 2.14. The summed E-state index contributed by atoms with van der Waals surface area (Å²) in [6.45, 7) is 4.00. The topological polar surface area (TPSA) is 57.5 Å². The first-order valence-electron chi connectivity index (χ1n) is 5.27. The summed E-state index contributed by atoms with van der Waals surface area (Å²) in [6, 6.07) is 2.90. The van der Waals surface area contributed by atoms with Crippen LogP contribution < -0.4 is 0 Å². The van der Waals surface area contributed by atoms with Crippen molar-refractivity contribution in [3.8, 4) is 28.1 Å². The fourth-order valence-electron chi connectivity index (χ4n) is 1.12. The van der Waals surface area contributed by atoms with Gasteiger partial charge in [0.05, 0.1) is 5.56 Å². The van der Waals surface area contributed by atoms with E-state index in [-0.39, 0.29) is 24.3 Å². The number of carboxylic acid groups (broad SMARTS) is 1. The maximum Gasteiger partial charge on any atom is 0.339 e. The Balaban J connectivity index is 0. The molecule has 3 nitrogen and oxygen atoms in total. The molecule has 0 spiro atoms. The second-order valence-corrected chi connectivity index (χ2v) is 6.19. The minimum Gasteiger partial charge on any atom is -0.506 e. The molecule has 1 aromatic rings. The van der Waals surface area contributed by atoms with Gasteiger partial charge in [0.2, 0.25) is 0 Å². The van der Waals surface area contributed by atoms with Crippen molar-refractivity contribution < 1.29 is 15.0 Å². The normalized spacial score (nSPS) is 7.81. The highest BCUT2D eigenvalue weighted by molar-refractivity contribution is 14.2. The van der Waals surface area contributed by atoms with Gasteiger partial charge < -0.3 is 10.2 Å². The number of rotatable bonds is 1. The third kappa shape index (κ3) is 8.10. The zero-order valence-electron chi connectivity index (χ0n) is 10.5. The molecule has 0 aliphatic carbocycles. The Kier molecular flexibility index (Phi) is 14.7. The van der Waals surface area contributed by atoms with Crippen molar-refractivity contribution in [2.45, 2.75) is 21.3 Å². The largest absolute Gasteiger partial charge is 0.506 e. The zero-order chi connectivity index (χ0) is 15.5. The molecule has 7 heteroatoms. The standard InChI is InChI=1S/C11H4I2O3S2.C2H6.CH4/c12-17-3-1-7-5-8(2-4-18-13)10(14)9(6-7)11(15)16;1-2;/h5-6,14H,(H,15,16);1-2H3;1H4. The minimum absolute atomic E-state index is 0. The van der Waals surface area contributed by atoms with Gasteiger partial charge in [0.15, 0.2) is 0 Å². The van der Waals surface area contributed by atoms with Crippen LogP contribution in [0, 0.1) is 22.3 Å². The van der Waals surface area contributed by atoms with Gasteiger partial charge in [-0.25, -0.2) is 4.79 Å². The first-order valence-corrected chi connectivity index (χ1v) is 12.0. The molecular weight excluding hydrogens is 534 g/mol. The summed E-state index contributed by atoms with van der Waals surface area (Å²) >= 11 is 4.01. The first-order chi connectivity index (χ1) is 9.60. The third-order valence-electron chi connectivity index (χ3n) is 1.80. The molecule has 1 aromatic carbocycles. The highest BCUT2D eigenvalue weighted by atomic mass is 127. The molecule has 0 amide bonds. The van der Waals surface area contributed by atoms with Crippen LogP contribution in [0.25, 0.3) is 0 Å². The number of carboxylic acids is 1. The van der Waals surface area contributed by atoms with Crippen molar-refractivity contribution in [2.24, 2.45) is 0 Å². The molecule has 114 valence electrons. The average Bonchev–Trinajstić information content (AvgIpc) is 2.46. The fraction of sp³-hybridized carbons (Fsp3) is 0.214. The van der Waals surface area contributed by atoms with Gasteiger partial charge in [-0.05, 0) is 40.5 Å². The third-order valence-corrected chi connectivity index (χ3v) is 3.48. The summed E-state index contributed by atoms with van der Waals surface area (Å²) in [5.74, 6) is 3.95. The first kappa shape index (κ1) is 23.0. The Bertz CT molecular complexity index is 596. The molecule has 0 bridgehead atoms. The molecular formula is C14H14I2O3S2. The predicted molar refractivity (Wildman–Crippen MR) is 110 cm³/mol. The van der Waals surface area contributed by atoms with Gasteiger partial charge in [-0.3, -0.25) is 0 Å². The van der Waals surface area contributed by atoms with Crippen LogP contribution in [0.5, 0.6) is 5.75 Å². The maximum atomic E-state index is 11.0. The molecule has 21 heavy (non-hydrogen) atoms. The molecule has 0 fully saturated rings. The summed E-state index contributed by atoms with van der Waals surface area (Å²) in [4.78, 5) is 11.0. The van der Waals surface area contributed by atoms with Crippen LogP contribution in [0.15, 0.2) is 12.1 Å². The number of aromatic hydroxyl groups is 1. The van der Waals surface area contributed by atoms with E-state index in [0.717, 1.165) is 0 Å². The number of halogens is 2. The van der Waals surface area contributed by atoms with Gasteiger partial charge in [0.25, 0.3) is 0 Å². The monoisotopic (exact) mass is 548 g/mol. The van der Waals surface area contributed by atoms with Gasteiger partial charge in [0, 0.05) is 48.0 Å². The van der Waals surface area contributed by atoms with E-state index in [9.17, 15) is 9.90 Å². The van der Waals surface area contributed by atoms with Gasteiger partial charge in [0.1, 0.15) is 11.3 Å². The summed E-state index contributed by atoms with van der Waals surface area (Å²) in [5, 5.41) is 24.2. The lowest BCUT2D eigenvalue weighted by atomic mass is 10.0. The lowest BCUT2D eigenvalue weighted by Gasteiger charge is -2.03. The van der Waals surface area contributed by atoms with Crippen molar-refractivity contribution in [2.75, 3.05) is 0 Å². The van der Waals surface area contributed by atoms with Crippen molar-refractivity contribution in [3.05, 3.63) is 28.8 Å². The summed E-state index contributed by atoms with van der Waals surface area (Å²) in [7, 11) is 2.55. The number of aromatic carboxylic acids is 1. The average molecular weight is 548 g/mol. The summed E-state index contributed by atoms with van der Waals surface area (Å²) in [5.41, 5.74) is 0.585. The van der Waals surface area contributed by atoms with E-state index in [0.29, 0.717) is 5.56 Å². The van der Waals surface area contributed by atoms with Crippen LogP contribution in [0.4, 0.5) is 0 Å². The number of phenols is 1. The Morgan fingerprint density at radius 2 is 1.67 bits per heavy atom. The molecule has 1 rings (SSSR count). The van der Waals surface area contributed by atoms with E-state index in [2.05, 4.69) is 22.3 Å². The van der Waals surface area contributed by atoms with E-state index < -0.39 is 5.97 Å². The smallest absolute Gasteiger partial charge is 0.339 e. The second-order valence-electron chi connectivity index (χ2n) is 2.83. The number of hydrogen-bond acceptors (Lipinski definition) is 4. The highest BCUT2D eigenvalue weighted by Crippen LogP contribution is 2.24. The van der Waals surface area contributed by atoms with Crippen molar-refractivity contribution >= 4 is 66.2 Å². The van der Waals surface area contributed by atoms with Crippen LogP contribution in [-0.4, -0.2) is 16.2 Å². The van der Waals surface area contributed by atoms with E-state index in [1.165, 1.54) is 23.9 Å². The zero-order valence-corrected chi connectivity index (χ0v) is 16.5. The fourth-order valence-corrected chi connectivity index (χ4v) is 2.08. The maximum absolute atomic E-state index is 11.0. The van der Waals surface area contributed by atoms with Gasteiger partial charge in [-0.1, -0.05) is 33.1 Å². The molecule has 0 unspecified atom stereocenters. The van der Waals surface area contributed by atoms with Crippen LogP contribution >= 0.6 is 60.3 Å². The Morgan fingerprint density at radius 1 is 1.14 bits per heavy atom. The molecule has 0 atom stereocenters. The summed E-state index contributed by atoms with van der Waals surface area (Å²) in [6.07, 6.45) is 0. The molecule has 0 radical (unpaired) electrons. The van der Waals surface area contributed by atoms with Crippen LogP contribution in [0.1, 0.15) is 42.8 Å². The molecule has 0 aromatic heterocycles. The lowest BCUT2D eigenvalue weighted by molar-refractivity contribution is 0.0693. The second kappa shape index (κ2) is 13.4. The van der Waals surface area contributed by atoms with Crippen LogP contribution in [-0.2, 0) is 0 Å². The number of carbonyl (C=O) groups is 1. The molecule has 0 heterocycles. The quantitative estimate of drug-likeness (QED) is 0.357. The van der Waals surface area contributed by atoms with E-state index in [4.69, 9.17) is 5.11 Å². The Labute approximate surface area is 158 Å². The SMILES string of the molecule is C.CC.O=C(O)c1cc(C#CSI)cc(C#CSI)c1O. The van der Waals surface area contributed by atoms with E-state index in [1.807, 2.05) is 56.3 Å². The van der Waals surface area contributed by atoms with Crippen molar-refractivity contribution in [1.82, 2.24) is 0 Å². The lowest BCUT2D eigenvalue weighted by Crippen LogP contribution is -1.99. The number of benzene rings is 1. The van der Waals surface area contributed by atoms with Crippen LogP contribution in [0.2, 0.25) is 0 Å². The molecule has 0 aliphatic rings. The Morgan fingerprint density at radius 3 is 2.14 bits per heavy atom. The van der Waals surface area contributed by atoms with Crippen LogP contribution in [0.3, 0.4) is 0 Å².